The minimum absolute atomic E-state index is 0.0147. The Morgan fingerprint density at radius 2 is 1.74 bits per heavy atom. The fraction of sp³-hybridized carbons (Fsp3) is 0.238. The van der Waals surface area contributed by atoms with Crippen LogP contribution in [-0.2, 0) is 6.54 Å². The molecule has 0 radical (unpaired) electrons. The minimum Gasteiger partial charge on any atom is -0.406 e. The molecule has 0 saturated carbocycles. The second-order valence-electron chi connectivity index (χ2n) is 6.52. The first kappa shape index (κ1) is 22.3. The summed E-state index contributed by atoms with van der Waals surface area (Å²) in [7, 11) is 0. The minimum atomic E-state index is -4.80. The molecule has 31 heavy (non-hydrogen) atoms. The van der Waals surface area contributed by atoms with Gasteiger partial charge in [0.2, 0.25) is 5.95 Å². The number of benzene rings is 2. The van der Waals surface area contributed by atoms with Crippen molar-refractivity contribution in [3.8, 4) is 17.0 Å². The third-order valence-corrected chi connectivity index (χ3v) is 4.09. The molecule has 164 valence electrons. The van der Waals surface area contributed by atoms with Crippen LogP contribution in [-0.4, -0.2) is 34.6 Å². The van der Waals surface area contributed by atoms with Crippen molar-refractivity contribution in [1.82, 2.24) is 9.97 Å². The lowest BCUT2D eigenvalue weighted by molar-refractivity contribution is -0.274. The standard InChI is InChI=1S/C21H20F4N4O2/c22-16-7-5-14(6-8-16)13-27-19-12-18(28-20(29-19)26-9-2-10-30)15-3-1-4-17(11-15)31-21(23,24)25/h1,3-8,11-12,30H,2,9-10,13H2,(H2,26,27,28,29). The highest BCUT2D eigenvalue weighted by Crippen LogP contribution is 2.28. The number of alkyl halides is 3. The zero-order valence-corrected chi connectivity index (χ0v) is 16.3. The van der Waals surface area contributed by atoms with Gasteiger partial charge in [0, 0.05) is 31.3 Å². The number of rotatable bonds is 9. The summed E-state index contributed by atoms with van der Waals surface area (Å²) in [5, 5.41) is 15.0. The lowest BCUT2D eigenvalue weighted by Gasteiger charge is -2.13. The number of hydrogen-bond donors (Lipinski definition) is 3. The first-order valence-corrected chi connectivity index (χ1v) is 9.41. The quantitative estimate of drug-likeness (QED) is 0.337. The molecule has 0 aliphatic heterocycles. The summed E-state index contributed by atoms with van der Waals surface area (Å²) in [6, 6.07) is 13.0. The Bertz CT molecular complexity index is 997. The predicted molar refractivity (Wildman–Crippen MR) is 108 cm³/mol. The van der Waals surface area contributed by atoms with Crippen molar-refractivity contribution in [1.29, 1.82) is 0 Å². The van der Waals surface area contributed by atoms with E-state index in [0.29, 0.717) is 36.6 Å². The third kappa shape index (κ3) is 7.10. The van der Waals surface area contributed by atoms with Crippen molar-refractivity contribution in [2.45, 2.75) is 19.3 Å². The molecule has 0 bridgehead atoms. The van der Waals surface area contributed by atoms with Crippen LogP contribution in [0.4, 0.5) is 29.3 Å². The van der Waals surface area contributed by atoms with Gasteiger partial charge in [0.25, 0.3) is 0 Å². The van der Waals surface area contributed by atoms with Crippen molar-refractivity contribution >= 4 is 11.8 Å². The van der Waals surface area contributed by atoms with Crippen molar-refractivity contribution in [2.75, 3.05) is 23.8 Å². The molecule has 0 amide bonds. The number of nitrogens with one attached hydrogen (secondary N) is 2. The fourth-order valence-corrected chi connectivity index (χ4v) is 2.69. The van der Waals surface area contributed by atoms with E-state index in [9.17, 15) is 17.6 Å². The maximum Gasteiger partial charge on any atom is 0.573 e. The molecule has 2 aromatic carbocycles. The first-order chi connectivity index (χ1) is 14.8. The fourth-order valence-electron chi connectivity index (χ4n) is 2.69. The normalized spacial score (nSPS) is 11.3. The molecule has 0 unspecified atom stereocenters. The second kappa shape index (κ2) is 10.1. The summed E-state index contributed by atoms with van der Waals surface area (Å²) >= 11 is 0. The van der Waals surface area contributed by atoms with Crippen molar-refractivity contribution in [3.63, 3.8) is 0 Å². The SMILES string of the molecule is OCCCNc1nc(NCc2ccc(F)cc2)cc(-c2cccc(OC(F)(F)F)c2)n1. The number of aliphatic hydroxyl groups is 1. The Balaban J connectivity index is 1.86. The molecular formula is C21H20F4N4O2. The van der Waals surface area contributed by atoms with E-state index in [1.165, 1.54) is 30.3 Å². The highest BCUT2D eigenvalue weighted by Gasteiger charge is 2.31. The summed E-state index contributed by atoms with van der Waals surface area (Å²) < 4.78 is 54.7. The van der Waals surface area contributed by atoms with Gasteiger partial charge in [-0.3, -0.25) is 0 Å². The Morgan fingerprint density at radius 3 is 2.45 bits per heavy atom. The van der Waals surface area contributed by atoms with E-state index in [-0.39, 0.29) is 24.1 Å². The Kier molecular flexibility index (Phi) is 7.24. The van der Waals surface area contributed by atoms with Crippen LogP contribution >= 0.6 is 0 Å². The number of halogens is 4. The zero-order valence-electron chi connectivity index (χ0n) is 16.3. The van der Waals surface area contributed by atoms with E-state index in [1.54, 1.807) is 24.3 Å². The number of nitrogens with zero attached hydrogens (tertiary/aromatic N) is 2. The summed E-state index contributed by atoms with van der Waals surface area (Å²) in [5.74, 6) is -0.0405. The van der Waals surface area contributed by atoms with Gasteiger partial charge in [0.15, 0.2) is 0 Å². The van der Waals surface area contributed by atoms with Gasteiger partial charge in [-0.2, -0.15) is 4.98 Å². The molecule has 0 aliphatic carbocycles. The van der Waals surface area contributed by atoms with Crippen LogP contribution < -0.4 is 15.4 Å². The van der Waals surface area contributed by atoms with Crippen LogP contribution in [0.15, 0.2) is 54.6 Å². The molecule has 1 heterocycles. The van der Waals surface area contributed by atoms with Crippen LogP contribution in [0.5, 0.6) is 5.75 Å². The van der Waals surface area contributed by atoms with E-state index >= 15 is 0 Å². The predicted octanol–water partition coefficient (Wildman–Crippen LogP) is 4.59. The highest BCUT2D eigenvalue weighted by atomic mass is 19.4. The topological polar surface area (TPSA) is 79.3 Å². The molecule has 0 atom stereocenters. The lowest BCUT2D eigenvalue weighted by Crippen LogP contribution is -2.17. The molecule has 10 heteroatoms. The van der Waals surface area contributed by atoms with Crippen molar-refractivity contribution in [2.24, 2.45) is 0 Å². The number of aromatic nitrogens is 2. The van der Waals surface area contributed by atoms with Crippen LogP contribution in [0.3, 0.4) is 0 Å². The first-order valence-electron chi connectivity index (χ1n) is 9.41. The summed E-state index contributed by atoms with van der Waals surface area (Å²) in [6.45, 7) is 0.748. The van der Waals surface area contributed by atoms with E-state index in [1.807, 2.05) is 0 Å². The Hall–Kier alpha value is -3.40. The summed E-state index contributed by atoms with van der Waals surface area (Å²) in [4.78, 5) is 8.69. The second-order valence-corrected chi connectivity index (χ2v) is 6.52. The average Bonchev–Trinajstić information content (AvgIpc) is 2.72. The molecular weight excluding hydrogens is 416 g/mol. The van der Waals surface area contributed by atoms with Crippen LogP contribution in [0.1, 0.15) is 12.0 Å². The van der Waals surface area contributed by atoms with E-state index in [4.69, 9.17) is 5.11 Å². The van der Waals surface area contributed by atoms with Gasteiger partial charge in [0.1, 0.15) is 17.4 Å². The zero-order chi connectivity index (χ0) is 22.3. The van der Waals surface area contributed by atoms with Gasteiger partial charge in [0.05, 0.1) is 5.69 Å². The van der Waals surface area contributed by atoms with Crippen LogP contribution in [0.2, 0.25) is 0 Å². The van der Waals surface area contributed by atoms with Crippen LogP contribution in [0.25, 0.3) is 11.3 Å². The maximum atomic E-state index is 13.1. The largest absolute Gasteiger partial charge is 0.573 e. The molecule has 3 aromatic rings. The van der Waals surface area contributed by atoms with E-state index < -0.39 is 6.36 Å². The molecule has 0 aliphatic rings. The van der Waals surface area contributed by atoms with Gasteiger partial charge >= 0.3 is 6.36 Å². The Labute approximate surface area is 175 Å². The lowest BCUT2D eigenvalue weighted by atomic mass is 10.1. The number of aliphatic hydroxyl groups excluding tert-OH is 1. The van der Waals surface area contributed by atoms with E-state index in [2.05, 4.69) is 25.3 Å². The Morgan fingerprint density at radius 1 is 0.968 bits per heavy atom. The molecule has 1 aromatic heterocycles. The van der Waals surface area contributed by atoms with Crippen LogP contribution in [0, 0.1) is 5.82 Å². The maximum absolute atomic E-state index is 13.1. The average molecular weight is 436 g/mol. The number of anilines is 2. The van der Waals surface area contributed by atoms with E-state index in [0.717, 1.165) is 5.56 Å². The molecule has 0 spiro atoms. The monoisotopic (exact) mass is 436 g/mol. The summed E-state index contributed by atoms with van der Waals surface area (Å²) in [5.41, 5.74) is 1.59. The van der Waals surface area contributed by atoms with Gasteiger partial charge in [-0.05, 0) is 36.2 Å². The molecule has 3 rings (SSSR count). The number of ether oxygens (including phenoxy) is 1. The van der Waals surface area contributed by atoms with Gasteiger partial charge in [-0.25, -0.2) is 9.37 Å². The summed E-state index contributed by atoms with van der Waals surface area (Å²) in [6.07, 6.45) is -4.33. The molecule has 0 saturated heterocycles. The molecule has 0 fully saturated rings. The highest BCUT2D eigenvalue weighted by molar-refractivity contribution is 5.66. The van der Waals surface area contributed by atoms with Gasteiger partial charge in [-0.15, -0.1) is 13.2 Å². The third-order valence-electron chi connectivity index (χ3n) is 4.09. The smallest absolute Gasteiger partial charge is 0.406 e. The van der Waals surface area contributed by atoms with Crippen molar-refractivity contribution in [3.05, 3.63) is 66.0 Å². The number of hydrogen-bond acceptors (Lipinski definition) is 6. The molecule has 3 N–H and O–H groups in total. The molecule has 6 nitrogen and oxygen atoms in total. The van der Waals surface area contributed by atoms with Gasteiger partial charge < -0.3 is 20.5 Å². The van der Waals surface area contributed by atoms with Gasteiger partial charge in [-0.1, -0.05) is 24.3 Å². The van der Waals surface area contributed by atoms with Crippen molar-refractivity contribution < 1.29 is 27.4 Å².